The molecule has 1 aliphatic heterocycles. The lowest BCUT2D eigenvalue weighted by Gasteiger charge is -2.20. The minimum Gasteiger partial charge on any atom is -0.346 e. The Morgan fingerprint density at radius 1 is 1.13 bits per heavy atom. The van der Waals surface area contributed by atoms with Crippen LogP contribution in [0, 0.1) is 6.92 Å². The Balaban J connectivity index is 1.50. The quantitative estimate of drug-likeness (QED) is 0.640. The number of benzene rings is 2. The fourth-order valence-electron chi connectivity index (χ4n) is 4.24. The van der Waals surface area contributed by atoms with Crippen LogP contribution in [0.2, 0.25) is 0 Å². The highest BCUT2D eigenvalue weighted by Crippen LogP contribution is 2.33. The molecule has 3 aromatic rings. The van der Waals surface area contributed by atoms with Crippen LogP contribution in [0.4, 0.5) is 5.69 Å². The molecule has 0 fully saturated rings. The number of rotatable bonds is 6. The molecule has 1 aromatic heterocycles. The van der Waals surface area contributed by atoms with Gasteiger partial charge in [-0.25, -0.2) is 13.1 Å². The van der Waals surface area contributed by atoms with E-state index in [1.807, 2.05) is 37.4 Å². The molecule has 0 bridgehead atoms. The molecule has 2 heterocycles. The van der Waals surface area contributed by atoms with Gasteiger partial charge in [-0.2, -0.15) is 0 Å². The van der Waals surface area contributed by atoms with Crippen LogP contribution < -0.4 is 9.62 Å². The summed E-state index contributed by atoms with van der Waals surface area (Å²) in [5.41, 5.74) is 4.98. The normalized spacial score (nSPS) is 15.8. The van der Waals surface area contributed by atoms with Crippen molar-refractivity contribution in [2.75, 3.05) is 4.90 Å². The standard InChI is InChI=1S/C24H27N3O3S/c1-17-7-4-5-8-20(17)16-26-12-6-9-22(26)15-25-31(29,30)23-10-11-24-21(14-23)13-18(2)27(24)19(3)28/h4-12,14,18,25H,13,15-16H2,1-3H3/t18-/m0/s1. The average Bonchev–Trinajstić information content (AvgIpc) is 3.30. The van der Waals surface area contributed by atoms with Crippen molar-refractivity contribution in [2.45, 2.75) is 51.2 Å². The van der Waals surface area contributed by atoms with Gasteiger partial charge in [0, 0.05) is 37.1 Å². The molecule has 0 saturated heterocycles. The predicted octanol–water partition coefficient (Wildman–Crippen LogP) is 3.62. The number of hydrogen-bond donors (Lipinski definition) is 1. The Hall–Kier alpha value is -2.90. The number of amides is 1. The van der Waals surface area contributed by atoms with E-state index >= 15 is 0 Å². The van der Waals surface area contributed by atoms with Gasteiger partial charge in [0.25, 0.3) is 0 Å². The van der Waals surface area contributed by atoms with Gasteiger partial charge in [0.15, 0.2) is 0 Å². The molecule has 2 aromatic carbocycles. The van der Waals surface area contributed by atoms with Gasteiger partial charge in [0.1, 0.15) is 0 Å². The number of anilines is 1. The maximum Gasteiger partial charge on any atom is 0.240 e. The van der Waals surface area contributed by atoms with Crippen molar-refractivity contribution in [3.63, 3.8) is 0 Å². The number of nitrogens with one attached hydrogen (secondary N) is 1. The van der Waals surface area contributed by atoms with E-state index in [1.54, 1.807) is 23.1 Å². The van der Waals surface area contributed by atoms with Crippen LogP contribution >= 0.6 is 0 Å². The fourth-order valence-corrected chi connectivity index (χ4v) is 5.29. The van der Waals surface area contributed by atoms with Crippen LogP contribution in [0.3, 0.4) is 0 Å². The minimum absolute atomic E-state index is 0.0307. The van der Waals surface area contributed by atoms with Crippen LogP contribution in [-0.2, 0) is 34.3 Å². The number of carbonyl (C=O) groups is 1. The lowest BCUT2D eigenvalue weighted by Crippen LogP contribution is -2.33. The Bertz CT molecular complexity index is 1230. The van der Waals surface area contributed by atoms with E-state index in [1.165, 1.54) is 18.1 Å². The number of fused-ring (bicyclic) bond motifs is 1. The van der Waals surface area contributed by atoms with Gasteiger partial charge in [-0.3, -0.25) is 4.79 Å². The van der Waals surface area contributed by atoms with E-state index in [0.717, 1.165) is 16.9 Å². The lowest BCUT2D eigenvalue weighted by molar-refractivity contribution is -0.116. The first-order valence-corrected chi connectivity index (χ1v) is 11.9. The molecule has 7 heteroatoms. The van der Waals surface area contributed by atoms with Crippen molar-refractivity contribution in [1.82, 2.24) is 9.29 Å². The molecule has 1 atom stereocenters. The maximum absolute atomic E-state index is 12.9. The van der Waals surface area contributed by atoms with Crippen molar-refractivity contribution in [1.29, 1.82) is 0 Å². The monoisotopic (exact) mass is 437 g/mol. The summed E-state index contributed by atoms with van der Waals surface area (Å²) in [6.45, 7) is 6.46. The van der Waals surface area contributed by atoms with Gasteiger partial charge in [-0.05, 0) is 67.3 Å². The first kappa shape index (κ1) is 21.3. The molecule has 31 heavy (non-hydrogen) atoms. The highest BCUT2D eigenvalue weighted by Gasteiger charge is 2.30. The van der Waals surface area contributed by atoms with Crippen LogP contribution in [0.5, 0.6) is 0 Å². The Kier molecular flexibility index (Phi) is 5.73. The largest absolute Gasteiger partial charge is 0.346 e. The number of nitrogens with zero attached hydrogens (tertiary/aromatic N) is 2. The Morgan fingerprint density at radius 2 is 1.90 bits per heavy atom. The van der Waals surface area contributed by atoms with E-state index in [9.17, 15) is 13.2 Å². The molecule has 0 spiro atoms. The second kappa shape index (κ2) is 8.32. The van der Waals surface area contributed by atoms with Gasteiger partial charge in [-0.15, -0.1) is 0 Å². The molecule has 1 amide bonds. The van der Waals surface area contributed by atoms with E-state index in [-0.39, 0.29) is 23.4 Å². The Labute approximate surface area is 183 Å². The molecule has 0 unspecified atom stereocenters. The van der Waals surface area contributed by atoms with Crippen LogP contribution in [0.15, 0.2) is 65.7 Å². The van der Waals surface area contributed by atoms with Gasteiger partial charge < -0.3 is 9.47 Å². The summed E-state index contributed by atoms with van der Waals surface area (Å²) in [5, 5.41) is 0. The molecule has 0 radical (unpaired) electrons. The fraction of sp³-hybridized carbons (Fsp3) is 0.292. The highest BCUT2D eigenvalue weighted by molar-refractivity contribution is 7.89. The molecule has 4 rings (SSSR count). The summed E-state index contributed by atoms with van der Waals surface area (Å²) in [6.07, 6.45) is 2.61. The molecule has 0 saturated carbocycles. The number of carbonyl (C=O) groups excluding carboxylic acids is 1. The zero-order valence-corrected chi connectivity index (χ0v) is 18.8. The number of sulfonamides is 1. The average molecular weight is 438 g/mol. The summed E-state index contributed by atoms with van der Waals surface area (Å²) < 4.78 is 30.7. The summed E-state index contributed by atoms with van der Waals surface area (Å²) in [5.74, 6) is -0.0330. The molecular weight excluding hydrogens is 410 g/mol. The zero-order valence-electron chi connectivity index (χ0n) is 18.0. The Morgan fingerprint density at radius 3 is 2.65 bits per heavy atom. The first-order valence-electron chi connectivity index (χ1n) is 10.4. The minimum atomic E-state index is -3.68. The zero-order chi connectivity index (χ0) is 22.2. The second-order valence-electron chi connectivity index (χ2n) is 8.11. The van der Waals surface area contributed by atoms with Crippen LogP contribution in [0.25, 0.3) is 0 Å². The van der Waals surface area contributed by atoms with Crippen LogP contribution in [-0.4, -0.2) is 24.9 Å². The summed E-state index contributed by atoms with van der Waals surface area (Å²) in [7, 11) is -3.68. The highest BCUT2D eigenvalue weighted by atomic mass is 32.2. The number of aryl methyl sites for hydroxylation is 1. The maximum atomic E-state index is 12.9. The lowest BCUT2D eigenvalue weighted by atomic mass is 10.1. The molecule has 0 aliphatic carbocycles. The molecule has 1 aliphatic rings. The van der Waals surface area contributed by atoms with Crippen molar-refractivity contribution in [3.05, 3.63) is 83.2 Å². The smallest absolute Gasteiger partial charge is 0.240 e. The third-order valence-electron chi connectivity index (χ3n) is 5.88. The molecule has 6 nitrogen and oxygen atoms in total. The van der Waals surface area contributed by atoms with Crippen LogP contribution in [0.1, 0.15) is 36.2 Å². The number of hydrogen-bond acceptors (Lipinski definition) is 3. The summed E-state index contributed by atoms with van der Waals surface area (Å²) in [6, 6.07) is 17.0. The van der Waals surface area contributed by atoms with Crippen molar-refractivity contribution in [2.24, 2.45) is 0 Å². The van der Waals surface area contributed by atoms with Crippen molar-refractivity contribution in [3.8, 4) is 0 Å². The molecule has 1 N–H and O–H groups in total. The summed E-state index contributed by atoms with van der Waals surface area (Å²) in [4.78, 5) is 13.9. The van der Waals surface area contributed by atoms with Gasteiger partial charge in [0.2, 0.25) is 15.9 Å². The van der Waals surface area contributed by atoms with E-state index in [4.69, 9.17) is 0 Å². The summed E-state index contributed by atoms with van der Waals surface area (Å²) >= 11 is 0. The van der Waals surface area contributed by atoms with Crippen molar-refractivity contribution >= 4 is 21.6 Å². The van der Waals surface area contributed by atoms with Crippen molar-refractivity contribution < 1.29 is 13.2 Å². The van der Waals surface area contributed by atoms with E-state index in [2.05, 4.69) is 28.3 Å². The molecular formula is C24H27N3O3S. The first-order chi connectivity index (χ1) is 14.8. The van der Waals surface area contributed by atoms with Gasteiger partial charge in [0.05, 0.1) is 11.4 Å². The topological polar surface area (TPSA) is 71.4 Å². The third-order valence-corrected chi connectivity index (χ3v) is 7.28. The predicted molar refractivity (Wildman–Crippen MR) is 122 cm³/mol. The van der Waals surface area contributed by atoms with E-state index in [0.29, 0.717) is 13.0 Å². The van der Waals surface area contributed by atoms with Gasteiger partial charge >= 0.3 is 0 Å². The SMILES string of the molecule is CC(=O)N1c2ccc(S(=O)(=O)NCc3cccn3Cc3ccccc3C)cc2C[C@@H]1C. The second-order valence-corrected chi connectivity index (χ2v) is 9.88. The molecule has 162 valence electrons. The third kappa shape index (κ3) is 4.29. The number of aromatic nitrogens is 1. The van der Waals surface area contributed by atoms with E-state index < -0.39 is 10.0 Å². The van der Waals surface area contributed by atoms with Gasteiger partial charge in [-0.1, -0.05) is 24.3 Å².